The van der Waals surface area contributed by atoms with Crippen molar-refractivity contribution in [3.8, 4) is 5.75 Å². The summed E-state index contributed by atoms with van der Waals surface area (Å²) in [5.41, 5.74) is 1.01. The summed E-state index contributed by atoms with van der Waals surface area (Å²) in [5, 5.41) is 12.6. The summed E-state index contributed by atoms with van der Waals surface area (Å²) in [6.07, 6.45) is 3.16. The zero-order chi connectivity index (χ0) is 21.5. The topological polar surface area (TPSA) is 81.9 Å². The summed E-state index contributed by atoms with van der Waals surface area (Å²) in [6.45, 7) is 2.54. The third-order valence-corrected chi connectivity index (χ3v) is 5.92. The molecule has 2 heterocycles. The van der Waals surface area contributed by atoms with Crippen molar-refractivity contribution in [3.63, 3.8) is 0 Å². The number of hydrogen-bond donors (Lipinski definition) is 1. The molecule has 0 aliphatic rings. The molecule has 0 aliphatic heterocycles. The molecule has 158 valence electrons. The summed E-state index contributed by atoms with van der Waals surface area (Å²) in [4.78, 5) is 16.2. The van der Waals surface area contributed by atoms with Gasteiger partial charge in [-0.25, -0.2) is 4.98 Å². The van der Waals surface area contributed by atoms with Gasteiger partial charge in [0.05, 0.1) is 12.4 Å². The quantitative estimate of drug-likeness (QED) is 0.333. The molecule has 0 radical (unpaired) electrons. The van der Waals surface area contributed by atoms with E-state index in [0.717, 1.165) is 34.5 Å². The third-order valence-electron chi connectivity index (χ3n) is 4.19. The van der Waals surface area contributed by atoms with Crippen LogP contribution in [0.2, 0.25) is 5.02 Å². The van der Waals surface area contributed by atoms with Crippen LogP contribution in [0, 0.1) is 6.92 Å². The number of carbonyl (C=O) groups is 1. The molecule has 0 aliphatic carbocycles. The molecule has 2 aromatic heterocycles. The monoisotopic (exact) mass is 509 g/mol. The first-order chi connectivity index (χ1) is 14.4. The van der Waals surface area contributed by atoms with Gasteiger partial charge in [0.25, 0.3) is 0 Å². The van der Waals surface area contributed by atoms with Crippen LogP contribution in [-0.4, -0.2) is 38.0 Å². The molecule has 10 heteroatoms. The Hall–Kier alpha value is -2.10. The van der Waals surface area contributed by atoms with Gasteiger partial charge in [0, 0.05) is 29.2 Å². The number of carbonyl (C=O) groups excluding carboxylic acids is 1. The van der Waals surface area contributed by atoms with E-state index in [1.165, 1.54) is 11.8 Å². The molecule has 1 aromatic carbocycles. The molecule has 0 spiro atoms. The van der Waals surface area contributed by atoms with Gasteiger partial charge in [-0.15, -0.1) is 10.2 Å². The van der Waals surface area contributed by atoms with Crippen LogP contribution in [0.4, 0.5) is 5.82 Å². The Bertz CT molecular complexity index is 1010. The third kappa shape index (κ3) is 6.45. The van der Waals surface area contributed by atoms with Crippen LogP contribution in [0.5, 0.6) is 5.75 Å². The summed E-state index contributed by atoms with van der Waals surface area (Å²) < 4.78 is 8.58. The first-order valence-corrected chi connectivity index (χ1v) is 11.4. The van der Waals surface area contributed by atoms with E-state index in [1.807, 2.05) is 42.8 Å². The number of nitrogens with zero attached hydrogens (tertiary/aromatic N) is 4. The van der Waals surface area contributed by atoms with Crippen molar-refractivity contribution in [1.82, 2.24) is 19.7 Å². The van der Waals surface area contributed by atoms with Crippen LogP contribution in [-0.2, 0) is 18.3 Å². The van der Waals surface area contributed by atoms with Crippen LogP contribution in [0.3, 0.4) is 0 Å². The molecular formula is C20H21BrClN5O2S. The van der Waals surface area contributed by atoms with Crippen molar-refractivity contribution in [1.29, 1.82) is 0 Å². The van der Waals surface area contributed by atoms with Gasteiger partial charge in [0.15, 0.2) is 5.16 Å². The van der Waals surface area contributed by atoms with Crippen LogP contribution in [0.15, 0.2) is 46.2 Å². The van der Waals surface area contributed by atoms with Gasteiger partial charge in [-0.3, -0.25) is 4.79 Å². The van der Waals surface area contributed by atoms with Gasteiger partial charge in [0.2, 0.25) is 5.91 Å². The van der Waals surface area contributed by atoms with Crippen LogP contribution >= 0.6 is 39.3 Å². The lowest BCUT2D eigenvalue weighted by Crippen LogP contribution is -2.15. The van der Waals surface area contributed by atoms with E-state index >= 15 is 0 Å². The number of nitrogens with one attached hydrogen (secondary N) is 1. The molecule has 0 saturated carbocycles. The second-order valence-corrected chi connectivity index (χ2v) is 8.81. The minimum absolute atomic E-state index is 0.147. The molecule has 30 heavy (non-hydrogen) atoms. The number of hydrogen-bond acceptors (Lipinski definition) is 6. The van der Waals surface area contributed by atoms with Crippen molar-refractivity contribution in [2.45, 2.75) is 24.9 Å². The molecule has 7 nitrogen and oxygen atoms in total. The number of rotatable bonds is 9. The van der Waals surface area contributed by atoms with Crippen LogP contribution in [0.1, 0.15) is 17.8 Å². The van der Waals surface area contributed by atoms with E-state index in [0.29, 0.717) is 22.6 Å². The number of benzene rings is 1. The number of aromatic nitrogens is 4. The zero-order valence-electron chi connectivity index (χ0n) is 16.6. The van der Waals surface area contributed by atoms with Gasteiger partial charge < -0.3 is 14.6 Å². The molecule has 0 unspecified atom stereocenters. The highest BCUT2D eigenvalue weighted by molar-refractivity contribution is 9.10. The minimum Gasteiger partial charge on any atom is -0.493 e. The maximum Gasteiger partial charge on any atom is 0.236 e. The number of ether oxygens (including phenoxy) is 1. The van der Waals surface area contributed by atoms with Crippen molar-refractivity contribution >= 4 is 51.0 Å². The fraction of sp³-hybridized carbons (Fsp3) is 0.300. The number of pyridine rings is 1. The number of aryl methyl sites for hydroxylation is 2. The Morgan fingerprint density at radius 3 is 2.87 bits per heavy atom. The fourth-order valence-electron chi connectivity index (χ4n) is 2.63. The second kappa shape index (κ2) is 10.8. The smallest absolute Gasteiger partial charge is 0.236 e. The second-order valence-electron chi connectivity index (χ2n) is 6.52. The Morgan fingerprint density at radius 2 is 2.13 bits per heavy atom. The normalized spacial score (nSPS) is 10.8. The van der Waals surface area contributed by atoms with Crippen LogP contribution in [0.25, 0.3) is 0 Å². The average Bonchev–Trinajstić information content (AvgIpc) is 3.06. The zero-order valence-corrected chi connectivity index (χ0v) is 19.7. The summed E-state index contributed by atoms with van der Waals surface area (Å²) in [5.74, 6) is 2.27. The highest BCUT2D eigenvalue weighted by Gasteiger charge is 2.12. The molecule has 3 rings (SSSR count). The van der Waals surface area contributed by atoms with Crippen molar-refractivity contribution < 1.29 is 9.53 Å². The first-order valence-electron chi connectivity index (χ1n) is 9.24. The molecule has 3 aromatic rings. The van der Waals surface area contributed by atoms with Crippen molar-refractivity contribution in [2.75, 3.05) is 17.7 Å². The Labute approximate surface area is 192 Å². The fourth-order valence-corrected chi connectivity index (χ4v) is 3.83. The standard InChI is InChI=1S/C20H21BrClN5O2S/c1-13-10-15(22)6-7-16(13)29-9-3-4-18-25-26-20(27(18)2)30-12-19(28)24-17-8-5-14(21)11-23-17/h5-8,10-11H,3-4,9,12H2,1-2H3,(H,23,24,28). The van der Waals surface area contributed by atoms with Gasteiger partial charge in [-0.1, -0.05) is 23.4 Å². The van der Waals surface area contributed by atoms with E-state index in [-0.39, 0.29) is 11.7 Å². The van der Waals surface area contributed by atoms with Crippen molar-refractivity contribution in [3.05, 3.63) is 57.4 Å². The van der Waals surface area contributed by atoms with E-state index in [1.54, 1.807) is 12.3 Å². The minimum atomic E-state index is -0.147. The van der Waals surface area contributed by atoms with Gasteiger partial charge in [-0.2, -0.15) is 0 Å². The molecule has 0 atom stereocenters. The van der Waals surface area contributed by atoms with Crippen molar-refractivity contribution in [2.24, 2.45) is 7.05 Å². The maximum absolute atomic E-state index is 12.1. The molecule has 0 bridgehead atoms. The summed E-state index contributed by atoms with van der Waals surface area (Å²) in [6, 6.07) is 9.14. The molecule has 0 fully saturated rings. The molecule has 1 amide bonds. The van der Waals surface area contributed by atoms with E-state index in [4.69, 9.17) is 16.3 Å². The molecule has 1 N–H and O–H groups in total. The molecular weight excluding hydrogens is 490 g/mol. The molecule has 0 saturated heterocycles. The Kier molecular flexibility index (Phi) is 8.12. The lowest BCUT2D eigenvalue weighted by Gasteiger charge is -2.09. The SMILES string of the molecule is Cc1cc(Cl)ccc1OCCCc1nnc(SCC(=O)Nc2ccc(Br)cn2)n1C. The van der Waals surface area contributed by atoms with Gasteiger partial charge in [-0.05, 0) is 65.2 Å². The predicted octanol–water partition coefficient (Wildman–Crippen LogP) is 4.68. The van der Waals surface area contributed by atoms with E-state index in [9.17, 15) is 4.79 Å². The summed E-state index contributed by atoms with van der Waals surface area (Å²) >= 11 is 10.6. The van der Waals surface area contributed by atoms with Gasteiger partial charge >= 0.3 is 0 Å². The van der Waals surface area contributed by atoms with Crippen LogP contribution < -0.4 is 10.1 Å². The predicted molar refractivity (Wildman–Crippen MR) is 122 cm³/mol. The van der Waals surface area contributed by atoms with E-state index in [2.05, 4.69) is 36.4 Å². The number of thioether (sulfide) groups is 1. The summed E-state index contributed by atoms with van der Waals surface area (Å²) in [7, 11) is 1.90. The number of halogens is 2. The highest BCUT2D eigenvalue weighted by atomic mass is 79.9. The number of amides is 1. The van der Waals surface area contributed by atoms with E-state index < -0.39 is 0 Å². The average molecular weight is 511 g/mol. The Morgan fingerprint density at radius 1 is 1.30 bits per heavy atom. The lowest BCUT2D eigenvalue weighted by atomic mass is 10.2. The lowest BCUT2D eigenvalue weighted by molar-refractivity contribution is -0.113. The highest BCUT2D eigenvalue weighted by Crippen LogP contribution is 2.22. The first kappa shape index (κ1) is 22.6. The Balaban J connectivity index is 1.43. The number of anilines is 1. The van der Waals surface area contributed by atoms with Gasteiger partial charge in [0.1, 0.15) is 17.4 Å². The maximum atomic E-state index is 12.1. The largest absolute Gasteiger partial charge is 0.493 e.